The van der Waals surface area contributed by atoms with Gasteiger partial charge in [-0.25, -0.2) is 4.79 Å². The van der Waals surface area contributed by atoms with Crippen LogP contribution in [0.1, 0.15) is 49.7 Å². The normalized spacial score (nSPS) is 28.1. The molecule has 6 nitrogen and oxygen atoms in total. The van der Waals surface area contributed by atoms with E-state index in [0.29, 0.717) is 12.8 Å². The maximum Gasteiger partial charge on any atom is 0.328 e. The second-order valence-corrected chi connectivity index (χ2v) is 8.59. The number of aliphatic carboxylic acids is 1. The van der Waals surface area contributed by atoms with Gasteiger partial charge in [-0.05, 0) is 79.8 Å². The number of amides is 1. The Balaban J connectivity index is 1.78. The number of rotatable bonds is 7. The van der Waals surface area contributed by atoms with Crippen molar-refractivity contribution in [3.8, 4) is 5.75 Å². The molecule has 0 radical (unpaired) electrons. The number of nitrogens with two attached hydrogens (primary N) is 1. The number of aromatic hydroxyl groups is 1. The maximum absolute atomic E-state index is 11.7. The van der Waals surface area contributed by atoms with Crippen LogP contribution in [-0.2, 0) is 21.4 Å². The number of fused-ring (bicyclic) bond motifs is 4. The predicted molar refractivity (Wildman–Crippen MR) is 105 cm³/mol. The molecular formula is C22H28N2O4. The number of carboxylic acid groups (broad SMARTS) is 1. The van der Waals surface area contributed by atoms with Crippen LogP contribution >= 0.6 is 0 Å². The minimum Gasteiger partial charge on any atom is -0.508 e. The first-order chi connectivity index (χ1) is 13.4. The Kier molecular flexibility index (Phi) is 4.91. The third-order valence-corrected chi connectivity index (χ3v) is 6.70. The molecule has 6 heteroatoms. The first-order valence-corrected chi connectivity index (χ1v) is 10.2. The highest BCUT2D eigenvalue weighted by Crippen LogP contribution is 2.52. The smallest absolute Gasteiger partial charge is 0.328 e. The van der Waals surface area contributed by atoms with Gasteiger partial charge in [0.05, 0.1) is 0 Å². The van der Waals surface area contributed by atoms with Crippen molar-refractivity contribution >= 4 is 11.9 Å². The lowest BCUT2D eigenvalue weighted by atomic mass is 9.58. The van der Waals surface area contributed by atoms with Crippen molar-refractivity contribution in [3.05, 3.63) is 41.0 Å². The number of carbonyl (C=O) groups excluding carboxylic acids is 1. The first kappa shape index (κ1) is 19.0. The lowest BCUT2D eigenvalue weighted by molar-refractivity contribution is -0.131. The second kappa shape index (κ2) is 7.24. The van der Waals surface area contributed by atoms with Gasteiger partial charge in [0.15, 0.2) is 0 Å². The molecule has 1 aromatic rings. The minimum atomic E-state index is -0.934. The Morgan fingerprint density at radius 1 is 1.32 bits per heavy atom. The number of phenolic OH excluding ortho intramolecular Hbond substituents is 1. The molecule has 3 aliphatic rings. The van der Waals surface area contributed by atoms with Crippen molar-refractivity contribution in [2.75, 3.05) is 13.1 Å². The van der Waals surface area contributed by atoms with Gasteiger partial charge in [0.25, 0.3) is 0 Å². The average Bonchev–Trinajstić information content (AvgIpc) is 3.43. The molecular weight excluding hydrogens is 356 g/mol. The van der Waals surface area contributed by atoms with Gasteiger partial charge in [0.1, 0.15) is 5.75 Å². The highest BCUT2D eigenvalue weighted by Gasteiger charge is 2.50. The molecule has 1 aromatic carbocycles. The number of phenols is 1. The Bertz CT molecular complexity index is 830. The summed E-state index contributed by atoms with van der Waals surface area (Å²) in [5.41, 5.74) is 8.02. The standard InChI is InChI=1S/C22H28N2O4/c23-20(26)2-1-7-22-8-9-24(13-14-3-4-14)19(18(22)12-21(27)28)10-15-5-6-16(25)11-17(15)22/h5-6,11-12,14,19,25H,1-4,7-10,13H2,(H2,23,26)(H,27,28)/t19-,22+/m1/s1. The zero-order valence-corrected chi connectivity index (χ0v) is 16.1. The molecule has 1 aliphatic heterocycles. The molecule has 4 rings (SSSR count). The van der Waals surface area contributed by atoms with Gasteiger partial charge in [-0.2, -0.15) is 0 Å². The van der Waals surface area contributed by atoms with E-state index in [9.17, 15) is 19.8 Å². The summed E-state index contributed by atoms with van der Waals surface area (Å²) < 4.78 is 0. The molecule has 2 aliphatic carbocycles. The van der Waals surface area contributed by atoms with Crippen molar-refractivity contribution in [3.63, 3.8) is 0 Å². The molecule has 0 spiro atoms. The maximum atomic E-state index is 11.7. The van der Waals surface area contributed by atoms with Gasteiger partial charge in [-0.15, -0.1) is 0 Å². The lowest BCUT2D eigenvalue weighted by Gasteiger charge is -2.53. The van der Waals surface area contributed by atoms with Gasteiger partial charge >= 0.3 is 5.97 Å². The number of primary amides is 1. The summed E-state index contributed by atoms with van der Waals surface area (Å²) in [5.74, 6) is -0.345. The summed E-state index contributed by atoms with van der Waals surface area (Å²) in [7, 11) is 0. The Hall–Kier alpha value is -2.34. The molecule has 1 amide bonds. The minimum absolute atomic E-state index is 0.0658. The zero-order valence-electron chi connectivity index (χ0n) is 16.1. The highest BCUT2D eigenvalue weighted by atomic mass is 16.4. The summed E-state index contributed by atoms with van der Waals surface area (Å²) in [6.07, 6.45) is 7.03. The number of piperidine rings is 1. The van der Waals surface area contributed by atoms with E-state index in [1.165, 1.54) is 24.5 Å². The molecule has 2 atom stereocenters. The van der Waals surface area contributed by atoms with Crippen LogP contribution in [0.3, 0.4) is 0 Å². The third-order valence-electron chi connectivity index (χ3n) is 6.70. The Morgan fingerprint density at radius 3 is 2.79 bits per heavy atom. The fraction of sp³-hybridized carbons (Fsp3) is 0.545. The van der Waals surface area contributed by atoms with Crippen molar-refractivity contribution in [2.24, 2.45) is 11.7 Å². The van der Waals surface area contributed by atoms with Crippen molar-refractivity contribution in [1.82, 2.24) is 4.90 Å². The van der Waals surface area contributed by atoms with Gasteiger partial charge < -0.3 is 15.9 Å². The number of carbonyl (C=O) groups is 2. The van der Waals surface area contributed by atoms with Gasteiger partial charge in [-0.1, -0.05) is 6.07 Å². The lowest BCUT2D eigenvalue weighted by Crippen LogP contribution is -2.55. The second-order valence-electron chi connectivity index (χ2n) is 8.59. The van der Waals surface area contributed by atoms with Gasteiger partial charge in [0.2, 0.25) is 5.91 Å². The number of hydrogen-bond donors (Lipinski definition) is 3. The van der Waals surface area contributed by atoms with Gasteiger partial charge in [-0.3, -0.25) is 9.69 Å². The van der Waals surface area contributed by atoms with Crippen LogP contribution in [0.25, 0.3) is 0 Å². The van der Waals surface area contributed by atoms with E-state index < -0.39 is 11.4 Å². The Morgan fingerprint density at radius 2 is 2.11 bits per heavy atom. The van der Waals surface area contributed by atoms with E-state index >= 15 is 0 Å². The SMILES string of the molecule is NC(=O)CCC[C@]12CCN(CC3CC3)[C@H](Cc3ccc(O)cc31)C2=CC(=O)O. The number of nitrogens with zero attached hydrogens (tertiary/aromatic N) is 1. The van der Waals surface area contributed by atoms with Crippen LogP contribution in [0.2, 0.25) is 0 Å². The summed E-state index contributed by atoms with van der Waals surface area (Å²) in [6.45, 7) is 1.93. The number of likely N-dealkylation sites (tertiary alicyclic amines) is 1. The fourth-order valence-corrected chi connectivity index (χ4v) is 5.26. The van der Waals surface area contributed by atoms with Gasteiger partial charge in [0, 0.05) is 30.5 Å². The molecule has 1 saturated heterocycles. The quantitative estimate of drug-likeness (QED) is 0.626. The Labute approximate surface area is 165 Å². The number of benzene rings is 1. The molecule has 4 N–H and O–H groups in total. The summed E-state index contributed by atoms with van der Waals surface area (Å²) in [5, 5.41) is 19.8. The molecule has 1 saturated carbocycles. The summed E-state index contributed by atoms with van der Waals surface area (Å²) >= 11 is 0. The first-order valence-electron chi connectivity index (χ1n) is 10.2. The van der Waals surface area contributed by atoms with Crippen molar-refractivity contribution in [2.45, 2.75) is 56.4 Å². The molecule has 1 heterocycles. The molecule has 0 aromatic heterocycles. The zero-order chi connectivity index (χ0) is 19.9. The molecule has 150 valence electrons. The van der Waals surface area contributed by atoms with Crippen LogP contribution in [0.5, 0.6) is 5.75 Å². The molecule has 0 unspecified atom stereocenters. The van der Waals surface area contributed by atoms with E-state index in [1.54, 1.807) is 12.1 Å². The fourth-order valence-electron chi connectivity index (χ4n) is 5.26. The monoisotopic (exact) mass is 384 g/mol. The molecule has 2 fully saturated rings. The van der Waals surface area contributed by atoms with Crippen molar-refractivity contribution < 1.29 is 19.8 Å². The van der Waals surface area contributed by atoms with Crippen LogP contribution in [-0.4, -0.2) is 46.1 Å². The van der Waals surface area contributed by atoms with E-state index in [4.69, 9.17) is 5.73 Å². The van der Waals surface area contributed by atoms with Crippen LogP contribution in [0.15, 0.2) is 29.8 Å². The third kappa shape index (κ3) is 3.53. The highest BCUT2D eigenvalue weighted by molar-refractivity contribution is 5.82. The molecule has 28 heavy (non-hydrogen) atoms. The average molecular weight is 384 g/mol. The van der Waals surface area contributed by atoms with Crippen LogP contribution in [0, 0.1) is 5.92 Å². The predicted octanol–water partition coefficient (Wildman–Crippen LogP) is 2.34. The number of hydrogen-bond acceptors (Lipinski definition) is 4. The van der Waals surface area contributed by atoms with Crippen molar-refractivity contribution in [1.29, 1.82) is 0 Å². The summed E-state index contributed by atoms with van der Waals surface area (Å²) in [4.78, 5) is 25.5. The van der Waals surface area contributed by atoms with Crippen LogP contribution < -0.4 is 5.73 Å². The van der Waals surface area contributed by atoms with E-state index in [0.717, 1.165) is 43.0 Å². The molecule has 2 bridgehead atoms. The van der Waals surface area contributed by atoms with E-state index in [1.807, 2.05) is 6.07 Å². The summed E-state index contributed by atoms with van der Waals surface area (Å²) in [6, 6.07) is 5.54. The van der Waals surface area contributed by atoms with E-state index in [-0.39, 0.29) is 24.1 Å². The van der Waals surface area contributed by atoms with Crippen LogP contribution in [0.4, 0.5) is 0 Å². The number of carboxylic acids is 1. The van der Waals surface area contributed by atoms with E-state index in [2.05, 4.69) is 4.90 Å². The topological polar surface area (TPSA) is 104 Å². The largest absolute Gasteiger partial charge is 0.508 e.